The molecule has 6 heteroatoms. The summed E-state index contributed by atoms with van der Waals surface area (Å²) in [6, 6.07) is 0. The molecule has 0 saturated heterocycles. The van der Waals surface area contributed by atoms with Crippen molar-refractivity contribution in [1.82, 2.24) is 0 Å². The van der Waals surface area contributed by atoms with Crippen molar-refractivity contribution < 1.29 is 28.6 Å². The lowest BCUT2D eigenvalue weighted by atomic mass is 10.0. The smallest absolute Gasteiger partial charge is 0.306 e. The molecule has 0 N–H and O–H groups in total. The molecule has 60 heavy (non-hydrogen) atoms. The van der Waals surface area contributed by atoms with Gasteiger partial charge in [0.25, 0.3) is 0 Å². The van der Waals surface area contributed by atoms with Gasteiger partial charge in [0.2, 0.25) is 0 Å². The van der Waals surface area contributed by atoms with Crippen LogP contribution in [0.4, 0.5) is 0 Å². The number of carbonyl (C=O) groups excluding carboxylic acids is 3. The molecule has 0 aromatic carbocycles. The van der Waals surface area contributed by atoms with Crippen molar-refractivity contribution in [1.29, 1.82) is 0 Å². The zero-order valence-corrected chi connectivity index (χ0v) is 41.3. The summed E-state index contributed by atoms with van der Waals surface area (Å²) in [6.45, 7) is 13.7. The maximum absolute atomic E-state index is 12.8. The van der Waals surface area contributed by atoms with Gasteiger partial charge >= 0.3 is 17.9 Å². The Hall–Kier alpha value is -1.59. The molecule has 0 rings (SSSR count). The van der Waals surface area contributed by atoms with Crippen LogP contribution < -0.4 is 0 Å². The van der Waals surface area contributed by atoms with Crippen LogP contribution in [-0.2, 0) is 28.6 Å². The number of unbranched alkanes of at least 4 members (excludes halogenated alkanes) is 30. The van der Waals surface area contributed by atoms with Crippen LogP contribution in [0.1, 0.15) is 292 Å². The predicted molar refractivity (Wildman–Crippen MR) is 256 cm³/mol. The highest BCUT2D eigenvalue weighted by Crippen LogP contribution is 2.18. The van der Waals surface area contributed by atoms with Gasteiger partial charge in [-0.2, -0.15) is 0 Å². The molecule has 0 unspecified atom stereocenters. The number of hydrogen-bond donors (Lipinski definition) is 0. The first-order chi connectivity index (χ1) is 29.1. The Balaban J connectivity index is 4.18. The van der Waals surface area contributed by atoms with Crippen molar-refractivity contribution in [3.8, 4) is 0 Å². The van der Waals surface area contributed by atoms with Crippen LogP contribution >= 0.6 is 0 Å². The molecule has 0 saturated carbocycles. The van der Waals surface area contributed by atoms with E-state index >= 15 is 0 Å². The SMILES string of the molecule is CC(C)CCCCCCCCCCCCCCCCCCCCC(=O)OC[C@H](COC(=O)CCCCCCCCC(C)C)OC(=O)CCCCCCCCCCCC(C)C. The highest BCUT2D eigenvalue weighted by Gasteiger charge is 2.19. The van der Waals surface area contributed by atoms with Gasteiger partial charge in [0.05, 0.1) is 0 Å². The molecular formula is C54H104O6. The molecule has 0 spiro atoms. The van der Waals surface area contributed by atoms with Crippen molar-refractivity contribution in [2.45, 2.75) is 298 Å². The van der Waals surface area contributed by atoms with E-state index in [1.54, 1.807) is 0 Å². The van der Waals surface area contributed by atoms with Gasteiger partial charge < -0.3 is 14.2 Å². The largest absolute Gasteiger partial charge is 0.462 e. The minimum Gasteiger partial charge on any atom is -0.462 e. The number of ether oxygens (including phenoxy) is 3. The van der Waals surface area contributed by atoms with Crippen molar-refractivity contribution >= 4 is 17.9 Å². The first-order valence-corrected chi connectivity index (χ1v) is 26.6. The Bertz CT molecular complexity index is 929. The third-order valence-electron chi connectivity index (χ3n) is 12.1. The van der Waals surface area contributed by atoms with Gasteiger partial charge in [-0.1, -0.05) is 253 Å². The third-order valence-corrected chi connectivity index (χ3v) is 12.1. The van der Waals surface area contributed by atoms with E-state index in [0.29, 0.717) is 19.3 Å². The van der Waals surface area contributed by atoms with E-state index in [0.717, 1.165) is 75.5 Å². The highest BCUT2D eigenvalue weighted by molar-refractivity contribution is 5.71. The molecule has 0 aliphatic heterocycles. The minimum atomic E-state index is -0.763. The summed E-state index contributed by atoms with van der Waals surface area (Å²) in [5, 5.41) is 0. The molecule has 0 bridgehead atoms. The monoisotopic (exact) mass is 849 g/mol. The van der Waals surface area contributed by atoms with Crippen LogP contribution in [0, 0.1) is 17.8 Å². The zero-order chi connectivity index (χ0) is 44.2. The Morgan fingerprint density at radius 1 is 0.283 bits per heavy atom. The molecule has 0 aliphatic carbocycles. The lowest BCUT2D eigenvalue weighted by Crippen LogP contribution is -2.30. The van der Waals surface area contributed by atoms with Gasteiger partial charge in [-0.25, -0.2) is 0 Å². The van der Waals surface area contributed by atoms with E-state index in [9.17, 15) is 14.4 Å². The van der Waals surface area contributed by atoms with Crippen LogP contribution in [0.15, 0.2) is 0 Å². The average molecular weight is 849 g/mol. The predicted octanol–water partition coefficient (Wildman–Crippen LogP) is 17.2. The summed E-state index contributed by atoms with van der Waals surface area (Å²) in [5.74, 6) is 1.57. The molecule has 0 heterocycles. The molecule has 356 valence electrons. The fourth-order valence-electron chi connectivity index (χ4n) is 8.12. The van der Waals surface area contributed by atoms with E-state index in [-0.39, 0.29) is 31.1 Å². The summed E-state index contributed by atoms with van der Waals surface area (Å²) >= 11 is 0. The normalized spacial score (nSPS) is 12.2. The Labute approximate surface area is 374 Å². The topological polar surface area (TPSA) is 78.9 Å². The van der Waals surface area contributed by atoms with Crippen molar-refractivity contribution in [3.63, 3.8) is 0 Å². The highest BCUT2D eigenvalue weighted by atomic mass is 16.6. The second-order valence-corrected chi connectivity index (χ2v) is 19.9. The second-order valence-electron chi connectivity index (χ2n) is 19.9. The van der Waals surface area contributed by atoms with Crippen LogP contribution in [0.2, 0.25) is 0 Å². The molecule has 6 nitrogen and oxygen atoms in total. The number of rotatable bonds is 47. The lowest BCUT2D eigenvalue weighted by molar-refractivity contribution is -0.167. The van der Waals surface area contributed by atoms with Crippen molar-refractivity contribution in [2.24, 2.45) is 17.8 Å². The van der Waals surface area contributed by atoms with Crippen LogP contribution in [0.5, 0.6) is 0 Å². The van der Waals surface area contributed by atoms with Crippen molar-refractivity contribution in [2.75, 3.05) is 13.2 Å². The Morgan fingerprint density at radius 3 is 0.717 bits per heavy atom. The molecule has 0 fully saturated rings. The van der Waals surface area contributed by atoms with Crippen molar-refractivity contribution in [3.05, 3.63) is 0 Å². The molecule has 0 aliphatic rings. The van der Waals surface area contributed by atoms with E-state index in [1.165, 1.54) is 173 Å². The molecule has 0 aromatic heterocycles. The Kier molecular flexibility index (Phi) is 44.2. The maximum Gasteiger partial charge on any atom is 0.306 e. The average Bonchev–Trinajstić information content (AvgIpc) is 3.20. The fraction of sp³-hybridized carbons (Fsp3) is 0.944. The summed E-state index contributed by atoms with van der Waals surface area (Å²) in [4.78, 5) is 37.9. The summed E-state index contributed by atoms with van der Waals surface area (Å²) in [7, 11) is 0. The van der Waals surface area contributed by atoms with Gasteiger partial charge in [0, 0.05) is 19.3 Å². The Morgan fingerprint density at radius 2 is 0.483 bits per heavy atom. The van der Waals surface area contributed by atoms with E-state index in [1.807, 2.05) is 0 Å². The zero-order valence-electron chi connectivity index (χ0n) is 41.3. The number of carbonyl (C=O) groups is 3. The summed E-state index contributed by atoms with van der Waals surface area (Å²) < 4.78 is 16.8. The molecule has 0 amide bonds. The molecule has 1 atom stereocenters. The standard InChI is InChI=1S/C54H104O6/c1-48(2)40-34-28-22-18-15-13-11-9-7-8-10-12-14-16-20-24-31-37-43-52(55)58-46-51(47-59-53(56)44-38-32-27-26-30-36-42-50(5)6)60-54(57)45-39-33-25-21-17-19-23-29-35-41-49(3)4/h48-51H,7-47H2,1-6H3/t51-/m1/s1. The van der Waals surface area contributed by atoms with Crippen LogP contribution in [0.25, 0.3) is 0 Å². The fourth-order valence-corrected chi connectivity index (χ4v) is 8.12. The molecule has 0 radical (unpaired) electrons. The maximum atomic E-state index is 12.8. The first kappa shape index (κ1) is 58.4. The van der Waals surface area contributed by atoms with E-state index in [4.69, 9.17) is 14.2 Å². The molecular weight excluding hydrogens is 745 g/mol. The van der Waals surface area contributed by atoms with Gasteiger partial charge in [-0.3, -0.25) is 14.4 Å². The van der Waals surface area contributed by atoms with Gasteiger partial charge in [-0.15, -0.1) is 0 Å². The van der Waals surface area contributed by atoms with Gasteiger partial charge in [0.15, 0.2) is 6.10 Å². The minimum absolute atomic E-state index is 0.0654. The van der Waals surface area contributed by atoms with Crippen LogP contribution in [0.3, 0.4) is 0 Å². The quantitative estimate of drug-likeness (QED) is 0.0345. The number of hydrogen-bond acceptors (Lipinski definition) is 6. The third kappa shape index (κ3) is 47.5. The van der Waals surface area contributed by atoms with Gasteiger partial charge in [-0.05, 0) is 37.0 Å². The van der Waals surface area contributed by atoms with Gasteiger partial charge in [0.1, 0.15) is 13.2 Å². The number of esters is 3. The summed E-state index contributed by atoms with van der Waals surface area (Å²) in [5.41, 5.74) is 0. The first-order valence-electron chi connectivity index (χ1n) is 26.6. The molecule has 0 aromatic rings. The van der Waals surface area contributed by atoms with Crippen LogP contribution in [-0.4, -0.2) is 37.2 Å². The summed E-state index contributed by atoms with van der Waals surface area (Å²) in [6.07, 6.45) is 45.5. The lowest BCUT2D eigenvalue weighted by Gasteiger charge is -2.18. The van der Waals surface area contributed by atoms with E-state index in [2.05, 4.69) is 41.5 Å². The second kappa shape index (κ2) is 45.4. The van der Waals surface area contributed by atoms with E-state index < -0.39 is 6.10 Å².